The van der Waals surface area contributed by atoms with Gasteiger partial charge in [0.25, 0.3) is 0 Å². The first-order chi connectivity index (χ1) is 8.91. The molecule has 0 aromatic heterocycles. The van der Waals surface area contributed by atoms with Gasteiger partial charge in [0.1, 0.15) is 24.4 Å². The number of hydrogen-bond acceptors (Lipinski definition) is 7. The Balaban J connectivity index is 1.89. The van der Waals surface area contributed by atoms with Crippen molar-refractivity contribution in [2.45, 2.75) is 55.1 Å². The molecular weight excluding hydrogens is 288 g/mol. The molecule has 0 aromatic carbocycles. The van der Waals surface area contributed by atoms with E-state index in [9.17, 15) is 15.3 Å². The van der Waals surface area contributed by atoms with E-state index in [0.717, 1.165) is 17.9 Å². The summed E-state index contributed by atoms with van der Waals surface area (Å²) in [5.74, 6) is 1.21. The van der Waals surface area contributed by atoms with Crippen molar-refractivity contribution in [2.75, 3.05) is 18.1 Å². The first-order valence-electron chi connectivity index (χ1n) is 6.50. The predicted molar refractivity (Wildman–Crippen MR) is 76.2 cm³/mol. The second-order valence-corrected chi connectivity index (χ2v) is 8.10. The minimum Gasteiger partial charge on any atom is -0.388 e. The lowest BCUT2D eigenvalue weighted by atomic mass is 10.0. The van der Waals surface area contributed by atoms with Crippen molar-refractivity contribution in [3.8, 4) is 0 Å². The SMILES string of the molecule is CC1(C)OC[C@H]([C@@H](O)[C@H](O)[C@@H](O)C2SCCCS2)O1. The van der Waals surface area contributed by atoms with Gasteiger partial charge in [0, 0.05) is 0 Å². The number of rotatable bonds is 4. The molecule has 5 nitrogen and oxygen atoms in total. The molecule has 0 bridgehead atoms. The van der Waals surface area contributed by atoms with Crippen LogP contribution in [0.5, 0.6) is 0 Å². The third-order valence-electron chi connectivity index (χ3n) is 3.24. The molecule has 0 radical (unpaired) electrons. The zero-order chi connectivity index (χ0) is 14.0. The van der Waals surface area contributed by atoms with Gasteiger partial charge < -0.3 is 24.8 Å². The third kappa shape index (κ3) is 4.00. The van der Waals surface area contributed by atoms with E-state index in [1.807, 2.05) is 0 Å². The Labute approximate surface area is 122 Å². The molecule has 0 amide bonds. The van der Waals surface area contributed by atoms with Gasteiger partial charge in [-0.25, -0.2) is 0 Å². The molecule has 3 N–H and O–H groups in total. The molecule has 2 fully saturated rings. The van der Waals surface area contributed by atoms with Gasteiger partial charge in [-0.15, -0.1) is 23.5 Å². The van der Waals surface area contributed by atoms with Crippen molar-refractivity contribution >= 4 is 23.5 Å². The van der Waals surface area contributed by atoms with Crippen molar-refractivity contribution in [1.82, 2.24) is 0 Å². The first-order valence-corrected chi connectivity index (χ1v) is 8.60. The summed E-state index contributed by atoms with van der Waals surface area (Å²) in [6, 6.07) is 0. The van der Waals surface area contributed by atoms with Crippen LogP contribution in [0.25, 0.3) is 0 Å². The Bertz CT molecular complexity index is 296. The lowest BCUT2D eigenvalue weighted by molar-refractivity contribution is -0.167. The maximum atomic E-state index is 10.2. The average Bonchev–Trinajstić information content (AvgIpc) is 2.77. The van der Waals surface area contributed by atoms with E-state index in [4.69, 9.17) is 9.47 Å². The Morgan fingerprint density at radius 3 is 2.26 bits per heavy atom. The van der Waals surface area contributed by atoms with Crippen LogP contribution in [-0.4, -0.2) is 68.2 Å². The van der Waals surface area contributed by atoms with Gasteiger partial charge >= 0.3 is 0 Å². The van der Waals surface area contributed by atoms with E-state index in [0.29, 0.717) is 0 Å². The molecule has 2 aliphatic heterocycles. The van der Waals surface area contributed by atoms with Gasteiger partial charge in [-0.05, 0) is 31.8 Å². The van der Waals surface area contributed by atoms with Crippen molar-refractivity contribution in [3.63, 3.8) is 0 Å². The minimum atomic E-state index is -1.22. The van der Waals surface area contributed by atoms with Gasteiger partial charge in [0.2, 0.25) is 0 Å². The molecule has 0 unspecified atom stereocenters. The summed E-state index contributed by atoms with van der Waals surface area (Å²) in [5, 5.41) is 30.4. The molecule has 19 heavy (non-hydrogen) atoms. The van der Waals surface area contributed by atoms with E-state index < -0.39 is 30.2 Å². The molecule has 0 aromatic rings. The highest BCUT2D eigenvalue weighted by Gasteiger charge is 2.43. The lowest BCUT2D eigenvalue weighted by Gasteiger charge is -2.32. The molecule has 0 saturated carbocycles. The van der Waals surface area contributed by atoms with E-state index >= 15 is 0 Å². The standard InChI is InChI=1S/C12H22O5S2/c1-12(2)16-6-7(17-12)8(13)9(14)10(15)11-18-4-3-5-19-11/h7-11,13-15H,3-6H2,1-2H3/t7-,8-,9+,10-/m1/s1. The molecule has 7 heteroatoms. The summed E-state index contributed by atoms with van der Waals surface area (Å²) in [7, 11) is 0. The van der Waals surface area contributed by atoms with Crippen LogP contribution < -0.4 is 0 Å². The van der Waals surface area contributed by atoms with Crippen LogP contribution in [0.3, 0.4) is 0 Å². The molecule has 112 valence electrons. The largest absolute Gasteiger partial charge is 0.388 e. The Morgan fingerprint density at radius 1 is 1.11 bits per heavy atom. The highest BCUT2D eigenvalue weighted by atomic mass is 32.2. The quantitative estimate of drug-likeness (QED) is 0.694. The fourth-order valence-electron chi connectivity index (χ4n) is 2.17. The molecule has 0 aliphatic carbocycles. The smallest absolute Gasteiger partial charge is 0.163 e. The zero-order valence-corrected chi connectivity index (χ0v) is 12.8. The molecule has 4 atom stereocenters. The third-order valence-corrected chi connectivity index (χ3v) is 6.32. The van der Waals surface area contributed by atoms with E-state index in [-0.39, 0.29) is 11.2 Å². The van der Waals surface area contributed by atoms with Gasteiger partial charge in [0.05, 0.1) is 11.2 Å². The van der Waals surface area contributed by atoms with Crippen LogP contribution in [0.1, 0.15) is 20.3 Å². The topological polar surface area (TPSA) is 79.2 Å². The molecule has 2 aliphatic rings. The highest BCUT2D eigenvalue weighted by Crippen LogP contribution is 2.35. The zero-order valence-electron chi connectivity index (χ0n) is 11.2. The fraction of sp³-hybridized carbons (Fsp3) is 1.00. The fourth-order valence-corrected chi connectivity index (χ4v) is 5.12. The number of hydrogen-bond donors (Lipinski definition) is 3. The summed E-state index contributed by atoms with van der Waals surface area (Å²) < 4.78 is 10.8. The van der Waals surface area contributed by atoms with Crippen LogP contribution in [0.2, 0.25) is 0 Å². The van der Waals surface area contributed by atoms with E-state index in [2.05, 4.69) is 0 Å². The number of aliphatic hydroxyl groups is 3. The van der Waals surface area contributed by atoms with Crippen molar-refractivity contribution in [2.24, 2.45) is 0 Å². The summed E-state index contributed by atoms with van der Waals surface area (Å²) in [4.78, 5) is 0. The van der Waals surface area contributed by atoms with Gasteiger partial charge in [-0.2, -0.15) is 0 Å². The van der Waals surface area contributed by atoms with Crippen LogP contribution in [0, 0.1) is 0 Å². The maximum Gasteiger partial charge on any atom is 0.163 e. The van der Waals surface area contributed by atoms with Crippen molar-refractivity contribution in [3.05, 3.63) is 0 Å². The summed E-state index contributed by atoms with van der Waals surface area (Å²) in [6.07, 6.45) is -2.80. The lowest BCUT2D eigenvalue weighted by Crippen LogP contribution is -2.49. The molecular formula is C12H22O5S2. The van der Waals surface area contributed by atoms with E-state index in [1.54, 1.807) is 37.4 Å². The van der Waals surface area contributed by atoms with E-state index in [1.165, 1.54) is 0 Å². The van der Waals surface area contributed by atoms with Gasteiger partial charge in [-0.3, -0.25) is 0 Å². The monoisotopic (exact) mass is 310 g/mol. The summed E-state index contributed by atoms with van der Waals surface area (Å²) >= 11 is 3.26. The van der Waals surface area contributed by atoms with Crippen molar-refractivity contribution < 1.29 is 24.8 Å². The number of ether oxygens (including phenoxy) is 2. The highest BCUT2D eigenvalue weighted by molar-refractivity contribution is 8.17. The van der Waals surface area contributed by atoms with Gasteiger partial charge in [-0.1, -0.05) is 0 Å². The predicted octanol–water partition coefficient (Wildman–Crippen LogP) is 0.417. The first kappa shape index (κ1) is 15.9. The van der Waals surface area contributed by atoms with Crippen LogP contribution in [-0.2, 0) is 9.47 Å². The Hall–Kier alpha value is 0.500. The van der Waals surface area contributed by atoms with Crippen LogP contribution >= 0.6 is 23.5 Å². The maximum absolute atomic E-state index is 10.2. The Morgan fingerprint density at radius 2 is 1.74 bits per heavy atom. The van der Waals surface area contributed by atoms with Crippen molar-refractivity contribution in [1.29, 1.82) is 0 Å². The Kier molecular flexibility index (Phi) is 5.44. The second-order valence-electron chi connectivity index (χ2n) is 5.30. The number of aliphatic hydroxyl groups excluding tert-OH is 3. The molecule has 0 spiro atoms. The summed E-state index contributed by atoms with van der Waals surface area (Å²) in [6.45, 7) is 3.74. The summed E-state index contributed by atoms with van der Waals surface area (Å²) in [5.41, 5.74) is 0. The minimum absolute atomic E-state index is 0.0891. The van der Waals surface area contributed by atoms with Gasteiger partial charge in [0.15, 0.2) is 5.79 Å². The average molecular weight is 310 g/mol. The molecule has 2 heterocycles. The number of thioether (sulfide) groups is 2. The normalized spacial score (nSPS) is 33.0. The van der Waals surface area contributed by atoms with Crippen LogP contribution in [0.15, 0.2) is 0 Å². The molecule has 2 saturated heterocycles. The molecule has 2 rings (SSSR count). The van der Waals surface area contributed by atoms with Crippen LogP contribution in [0.4, 0.5) is 0 Å². The second kappa shape index (κ2) is 6.51.